The van der Waals surface area contributed by atoms with E-state index in [-0.39, 0.29) is 18.6 Å². The van der Waals surface area contributed by atoms with Crippen LogP contribution >= 0.6 is 0 Å². The molecule has 0 aliphatic rings. The van der Waals surface area contributed by atoms with Gasteiger partial charge in [-0.25, -0.2) is 0 Å². The van der Waals surface area contributed by atoms with E-state index in [9.17, 15) is 10.2 Å². The molecule has 0 spiro atoms. The second kappa shape index (κ2) is 10.9. The smallest absolute Gasteiger partial charge is 0.0633 e. The molecule has 0 saturated carbocycles. The van der Waals surface area contributed by atoms with Gasteiger partial charge >= 0.3 is 0 Å². The number of benzene rings is 1. The maximum atomic E-state index is 9.28. The van der Waals surface area contributed by atoms with Crippen molar-refractivity contribution < 1.29 is 10.2 Å². The molecule has 0 heterocycles. The fourth-order valence-corrected chi connectivity index (χ4v) is 3.22. The molecule has 4 N–H and O–H groups in total. The van der Waals surface area contributed by atoms with Gasteiger partial charge in [0.05, 0.1) is 18.8 Å². The van der Waals surface area contributed by atoms with Crippen LogP contribution in [0, 0.1) is 0 Å². The number of rotatable bonds is 13. The SMILES string of the molecule is CCCCCCCCC(C)(C)c1ccc(CCC(N)(CO)CO)cc1. The number of unbranched alkanes of at least 4 members (excludes halogenated alkanes) is 5. The van der Waals surface area contributed by atoms with Crippen LogP contribution in [0.5, 0.6) is 0 Å². The molecule has 3 heteroatoms. The van der Waals surface area contributed by atoms with Crippen molar-refractivity contribution in [3.05, 3.63) is 35.4 Å². The Hall–Kier alpha value is -0.900. The van der Waals surface area contributed by atoms with Gasteiger partial charge in [-0.15, -0.1) is 0 Å². The summed E-state index contributed by atoms with van der Waals surface area (Å²) in [6.07, 6.45) is 10.6. The molecule has 0 aromatic heterocycles. The van der Waals surface area contributed by atoms with Crippen molar-refractivity contribution in [1.29, 1.82) is 0 Å². The zero-order chi connectivity index (χ0) is 18.8. The topological polar surface area (TPSA) is 66.5 Å². The summed E-state index contributed by atoms with van der Waals surface area (Å²) >= 11 is 0. The van der Waals surface area contributed by atoms with Crippen molar-refractivity contribution in [3.63, 3.8) is 0 Å². The molecule has 0 radical (unpaired) electrons. The van der Waals surface area contributed by atoms with Gasteiger partial charge in [0.25, 0.3) is 0 Å². The zero-order valence-corrected chi connectivity index (χ0v) is 16.6. The number of aliphatic hydroxyl groups is 2. The van der Waals surface area contributed by atoms with Crippen LogP contribution in [0.4, 0.5) is 0 Å². The number of hydrogen-bond acceptors (Lipinski definition) is 3. The minimum Gasteiger partial charge on any atom is -0.394 e. The molecule has 1 rings (SSSR count). The Bertz CT molecular complexity index is 463. The van der Waals surface area contributed by atoms with E-state index in [1.165, 1.54) is 56.1 Å². The molecule has 0 atom stereocenters. The van der Waals surface area contributed by atoms with E-state index in [4.69, 9.17) is 5.73 Å². The van der Waals surface area contributed by atoms with Crippen molar-refractivity contribution in [2.45, 2.75) is 89.5 Å². The van der Waals surface area contributed by atoms with Crippen LogP contribution < -0.4 is 5.73 Å². The maximum Gasteiger partial charge on any atom is 0.0633 e. The molecule has 0 saturated heterocycles. The van der Waals surface area contributed by atoms with E-state index in [0.29, 0.717) is 6.42 Å². The first kappa shape index (κ1) is 22.1. The third kappa shape index (κ3) is 7.89. The van der Waals surface area contributed by atoms with Crippen molar-refractivity contribution in [1.82, 2.24) is 0 Å². The van der Waals surface area contributed by atoms with Gasteiger partial charge in [-0.05, 0) is 35.8 Å². The fraction of sp³-hybridized carbons (Fsp3) is 0.727. The van der Waals surface area contributed by atoms with Crippen LogP contribution in [0.1, 0.15) is 83.3 Å². The van der Waals surface area contributed by atoms with Gasteiger partial charge in [0, 0.05) is 0 Å². The number of aryl methyl sites for hydroxylation is 1. The Labute approximate surface area is 154 Å². The van der Waals surface area contributed by atoms with E-state index >= 15 is 0 Å². The summed E-state index contributed by atoms with van der Waals surface area (Å²) in [6, 6.07) is 8.77. The van der Waals surface area contributed by atoms with Gasteiger partial charge in [0.15, 0.2) is 0 Å². The fourth-order valence-electron chi connectivity index (χ4n) is 3.22. The van der Waals surface area contributed by atoms with Crippen molar-refractivity contribution in [2.75, 3.05) is 13.2 Å². The van der Waals surface area contributed by atoms with E-state index in [0.717, 1.165) is 6.42 Å². The number of aliphatic hydroxyl groups excluding tert-OH is 2. The summed E-state index contributed by atoms with van der Waals surface area (Å²) in [5.41, 5.74) is 7.86. The van der Waals surface area contributed by atoms with Crippen LogP contribution in [0.3, 0.4) is 0 Å². The molecule has 3 nitrogen and oxygen atoms in total. The predicted octanol–water partition coefficient (Wildman–Crippen LogP) is 4.33. The highest BCUT2D eigenvalue weighted by Gasteiger charge is 2.23. The monoisotopic (exact) mass is 349 g/mol. The van der Waals surface area contributed by atoms with Crippen LogP contribution in [0.15, 0.2) is 24.3 Å². The Morgan fingerprint density at radius 2 is 1.40 bits per heavy atom. The first-order valence-corrected chi connectivity index (χ1v) is 9.97. The lowest BCUT2D eigenvalue weighted by Crippen LogP contribution is -2.47. The standard InChI is InChI=1S/C22H39NO2/c1-4-5-6-7-8-9-15-21(2,3)20-12-10-19(11-13-20)14-16-22(23,17-24)18-25/h10-13,24-25H,4-9,14-18,23H2,1-3H3. The summed E-state index contributed by atoms with van der Waals surface area (Å²) in [5, 5.41) is 18.6. The van der Waals surface area contributed by atoms with Crippen molar-refractivity contribution in [2.24, 2.45) is 5.73 Å². The highest BCUT2D eigenvalue weighted by molar-refractivity contribution is 5.28. The molecular weight excluding hydrogens is 310 g/mol. The Balaban J connectivity index is 2.48. The van der Waals surface area contributed by atoms with Crippen molar-refractivity contribution >= 4 is 0 Å². The molecule has 25 heavy (non-hydrogen) atoms. The van der Waals surface area contributed by atoms with Gasteiger partial charge < -0.3 is 15.9 Å². The molecule has 144 valence electrons. The van der Waals surface area contributed by atoms with E-state index < -0.39 is 5.54 Å². The van der Waals surface area contributed by atoms with Gasteiger partial charge in [0.2, 0.25) is 0 Å². The molecule has 0 amide bonds. The average molecular weight is 350 g/mol. The Morgan fingerprint density at radius 1 is 0.840 bits per heavy atom. The lowest BCUT2D eigenvalue weighted by atomic mass is 9.79. The Kier molecular flexibility index (Phi) is 9.70. The van der Waals surface area contributed by atoms with E-state index in [1.54, 1.807) is 0 Å². The average Bonchev–Trinajstić information content (AvgIpc) is 2.63. The lowest BCUT2D eigenvalue weighted by Gasteiger charge is -2.26. The largest absolute Gasteiger partial charge is 0.394 e. The molecule has 0 bridgehead atoms. The highest BCUT2D eigenvalue weighted by Crippen LogP contribution is 2.30. The summed E-state index contributed by atoms with van der Waals surface area (Å²) in [7, 11) is 0. The summed E-state index contributed by atoms with van der Waals surface area (Å²) in [5.74, 6) is 0. The highest BCUT2D eigenvalue weighted by atomic mass is 16.3. The molecule has 0 unspecified atom stereocenters. The van der Waals surface area contributed by atoms with Gasteiger partial charge in [-0.2, -0.15) is 0 Å². The van der Waals surface area contributed by atoms with E-state index in [2.05, 4.69) is 45.0 Å². The zero-order valence-electron chi connectivity index (χ0n) is 16.6. The van der Waals surface area contributed by atoms with Gasteiger partial charge in [-0.3, -0.25) is 0 Å². The molecular formula is C22H39NO2. The molecule has 0 aliphatic heterocycles. The quantitative estimate of drug-likeness (QED) is 0.464. The van der Waals surface area contributed by atoms with Gasteiger partial charge in [0.1, 0.15) is 0 Å². The van der Waals surface area contributed by atoms with Crippen molar-refractivity contribution in [3.8, 4) is 0 Å². The lowest BCUT2D eigenvalue weighted by molar-refractivity contribution is 0.115. The van der Waals surface area contributed by atoms with Crippen LogP contribution in [0.2, 0.25) is 0 Å². The second-order valence-electron chi connectivity index (χ2n) is 8.28. The third-order valence-electron chi connectivity index (χ3n) is 5.43. The second-order valence-corrected chi connectivity index (χ2v) is 8.28. The molecule has 1 aromatic rings. The molecule has 0 fully saturated rings. The normalized spacial score (nSPS) is 12.6. The minimum absolute atomic E-state index is 0.188. The van der Waals surface area contributed by atoms with Crippen LogP contribution in [-0.4, -0.2) is 29.0 Å². The predicted molar refractivity (Wildman–Crippen MR) is 107 cm³/mol. The minimum atomic E-state index is -0.879. The number of hydrogen-bond donors (Lipinski definition) is 3. The summed E-state index contributed by atoms with van der Waals surface area (Å²) < 4.78 is 0. The maximum absolute atomic E-state index is 9.28. The summed E-state index contributed by atoms with van der Waals surface area (Å²) in [4.78, 5) is 0. The van der Waals surface area contributed by atoms with Gasteiger partial charge in [-0.1, -0.05) is 83.6 Å². The van der Waals surface area contributed by atoms with Crippen LogP contribution in [0.25, 0.3) is 0 Å². The summed E-state index contributed by atoms with van der Waals surface area (Å²) in [6.45, 7) is 6.54. The molecule has 0 aliphatic carbocycles. The first-order valence-electron chi connectivity index (χ1n) is 9.97. The number of nitrogens with two attached hydrogens (primary N) is 1. The van der Waals surface area contributed by atoms with Crippen LogP contribution in [-0.2, 0) is 11.8 Å². The molecule has 1 aromatic carbocycles. The Morgan fingerprint density at radius 3 is 1.96 bits per heavy atom. The van der Waals surface area contributed by atoms with E-state index in [1.807, 2.05) is 0 Å². The first-order chi connectivity index (χ1) is 11.9. The third-order valence-corrected chi connectivity index (χ3v) is 5.43.